The van der Waals surface area contributed by atoms with Gasteiger partial charge in [-0.3, -0.25) is 10.1 Å². The lowest BCUT2D eigenvalue weighted by Crippen LogP contribution is -1.81. The Balaban J connectivity index is 2.79. The minimum Gasteiger partial charge on any atom is -0.276 e. The number of hydrogen-bond donors (Lipinski definition) is 1. The fourth-order valence-corrected chi connectivity index (χ4v) is 1.24. The molecule has 4 heteroatoms. The van der Waals surface area contributed by atoms with Gasteiger partial charge in [0.05, 0.1) is 17.9 Å². The maximum Gasteiger partial charge on any atom is 0.0836 e. The summed E-state index contributed by atoms with van der Waals surface area (Å²) in [7, 11) is 0. The van der Waals surface area contributed by atoms with E-state index in [2.05, 4.69) is 15.2 Å². The molecule has 0 bridgehead atoms. The van der Waals surface area contributed by atoms with Gasteiger partial charge in [-0.1, -0.05) is 0 Å². The highest BCUT2D eigenvalue weighted by atomic mass is 35.5. The van der Waals surface area contributed by atoms with Gasteiger partial charge >= 0.3 is 0 Å². The molecule has 0 saturated carbocycles. The van der Waals surface area contributed by atoms with Crippen LogP contribution >= 0.6 is 11.6 Å². The van der Waals surface area contributed by atoms with Gasteiger partial charge < -0.3 is 0 Å². The van der Waals surface area contributed by atoms with Crippen molar-refractivity contribution in [1.82, 2.24) is 15.2 Å². The van der Waals surface area contributed by atoms with Gasteiger partial charge in [0.1, 0.15) is 0 Å². The highest BCUT2D eigenvalue weighted by Gasteiger charge is 2.00. The molecular weight excluding hydrogens is 162 g/mol. The van der Waals surface area contributed by atoms with Crippen molar-refractivity contribution in [2.24, 2.45) is 0 Å². The van der Waals surface area contributed by atoms with E-state index >= 15 is 0 Å². The number of rotatable bonds is 1. The predicted octanol–water partition coefficient (Wildman–Crippen LogP) is 1.70. The van der Waals surface area contributed by atoms with Crippen LogP contribution in [-0.2, 0) is 5.88 Å². The Kier molecular flexibility index (Phi) is 1.51. The Morgan fingerprint density at radius 1 is 1.36 bits per heavy atom. The standard InChI is InChI=1S/C7H6ClN3/c8-1-5-2-9-4-7-6(5)3-10-11-7/h2-4H,1H2,(H,10,11). The number of fused-ring (bicyclic) bond motifs is 1. The second-order valence-corrected chi connectivity index (χ2v) is 2.53. The van der Waals surface area contributed by atoms with Crippen molar-refractivity contribution in [2.75, 3.05) is 0 Å². The summed E-state index contributed by atoms with van der Waals surface area (Å²) in [5, 5.41) is 7.76. The predicted molar refractivity (Wildman–Crippen MR) is 43.4 cm³/mol. The van der Waals surface area contributed by atoms with Crippen molar-refractivity contribution in [1.29, 1.82) is 0 Å². The molecule has 0 unspecified atom stereocenters. The number of hydrogen-bond acceptors (Lipinski definition) is 2. The Morgan fingerprint density at radius 2 is 2.27 bits per heavy atom. The summed E-state index contributed by atoms with van der Waals surface area (Å²) in [6, 6.07) is 0. The van der Waals surface area contributed by atoms with Gasteiger partial charge in [0, 0.05) is 17.5 Å². The highest BCUT2D eigenvalue weighted by Crippen LogP contribution is 2.15. The van der Waals surface area contributed by atoms with Crippen molar-refractivity contribution in [3.05, 3.63) is 24.2 Å². The Morgan fingerprint density at radius 3 is 3.09 bits per heavy atom. The molecule has 0 atom stereocenters. The van der Waals surface area contributed by atoms with Gasteiger partial charge in [0.25, 0.3) is 0 Å². The normalized spacial score (nSPS) is 10.6. The van der Waals surface area contributed by atoms with Gasteiger partial charge in [0.2, 0.25) is 0 Å². The first-order chi connectivity index (χ1) is 5.42. The second-order valence-electron chi connectivity index (χ2n) is 2.26. The van der Waals surface area contributed by atoms with Crippen LogP contribution in [-0.4, -0.2) is 15.2 Å². The number of aromatic nitrogens is 3. The summed E-state index contributed by atoms with van der Waals surface area (Å²) < 4.78 is 0. The van der Waals surface area contributed by atoms with E-state index in [9.17, 15) is 0 Å². The van der Waals surface area contributed by atoms with Crippen molar-refractivity contribution >= 4 is 22.5 Å². The van der Waals surface area contributed by atoms with Crippen LogP contribution in [0.25, 0.3) is 10.9 Å². The molecular formula is C7H6ClN3. The van der Waals surface area contributed by atoms with Crippen molar-refractivity contribution < 1.29 is 0 Å². The van der Waals surface area contributed by atoms with E-state index in [0.29, 0.717) is 5.88 Å². The molecule has 11 heavy (non-hydrogen) atoms. The third kappa shape index (κ3) is 0.973. The van der Waals surface area contributed by atoms with E-state index < -0.39 is 0 Å². The van der Waals surface area contributed by atoms with Crippen LogP contribution < -0.4 is 0 Å². The number of nitrogens with one attached hydrogen (secondary N) is 1. The first-order valence-electron chi connectivity index (χ1n) is 3.24. The molecule has 2 rings (SSSR count). The van der Waals surface area contributed by atoms with Gasteiger partial charge in [-0.2, -0.15) is 5.10 Å². The van der Waals surface area contributed by atoms with Gasteiger partial charge in [-0.25, -0.2) is 0 Å². The number of H-pyrrole nitrogens is 1. The minimum atomic E-state index is 0.476. The first-order valence-corrected chi connectivity index (χ1v) is 3.77. The summed E-state index contributed by atoms with van der Waals surface area (Å²) in [5.74, 6) is 0.476. The van der Waals surface area contributed by atoms with Crippen LogP contribution in [0, 0.1) is 0 Å². The number of aromatic amines is 1. The summed E-state index contributed by atoms with van der Waals surface area (Å²) in [4.78, 5) is 4.00. The molecule has 0 spiro atoms. The lowest BCUT2D eigenvalue weighted by molar-refractivity contribution is 1.11. The quantitative estimate of drug-likeness (QED) is 0.657. The zero-order chi connectivity index (χ0) is 7.68. The molecule has 0 aliphatic carbocycles. The number of halogens is 1. The average molecular weight is 168 g/mol. The third-order valence-electron chi connectivity index (χ3n) is 1.59. The molecule has 2 heterocycles. The molecule has 2 aromatic heterocycles. The lowest BCUT2D eigenvalue weighted by atomic mass is 10.2. The second kappa shape index (κ2) is 2.51. The fraction of sp³-hybridized carbons (Fsp3) is 0.143. The molecule has 0 radical (unpaired) electrons. The van der Waals surface area contributed by atoms with Crippen LogP contribution in [0.15, 0.2) is 18.6 Å². The first kappa shape index (κ1) is 6.61. The smallest absolute Gasteiger partial charge is 0.0836 e. The molecule has 0 aromatic carbocycles. The molecule has 1 N–H and O–H groups in total. The number of pyridine rings is 1. The monoisotopic (exact) mass is 167 g/mol. The Labute approximate surface area is 68.4 Å². The molecule has 0 saturated heterocycles. The number of nitrogens with zero attached hydrogens (tertiary/aromatic N) is 2. The van der Waals surface area contributed by atoms with Crippen LogP contribution in [0.1, 0.15) is 5.56 Å². The third-order valence-corrected chi connectivity index (χ3v) is 1.88. The lowest BCUT2D eigenvalue weighted by Gasteiger charge is -1.93. The van der Waals surface area contributed by atoms with Crippen LogP contribution in [0.3, 0.4) is 0 Å². The van der Waals surface area contributed by atoms with Crippen molar-refractivity contribution in [2.45, 2.75) is 5.88 Å². The molecule has 2 aromatic rings. The Hall–Kier alpha value is -1.09. The van der Waals surface area contributed by atoms with Crippen LogP contribution in [0.4, 0.5) is 0 Å². The van der Waals surface area contributed by atoms with E-state index in [1.807, 2.05) is 0 Å². The minimum absolute atomic E-state index is 0.476. The molecule has 56 valence electrons. The zero-order valence-corrected chi connectivity index (χ0v) is 6.47. The highest BCUT2D eigenvalue weighted by molar-refractivity contribution is 6.17. The van der Waals surface area contributed by atoms with E-state index in [1.165, 1.54) is 0 Å². The van der Waals surface area contributed by atoms with E-state index in [0.717, 1.165) is 16.5 Å². The molecule has 0 aliphatic rings. The zero-order valence-electron chi connectivity index (χ0n) is 5.71. The molecule has 0 amide bonds. The van der Waals surface area contributed by atoms with Crippen LogP contribution in [0.2, 0.25) is 0 Å². The molecule has 0 fully saturated rings. The summed E-state index contributed by atoms with van der Waals surface area (Å²) >= 11 is 5.68. The van der Waals surface area contributed by atoms with Crippen molar-refractivity contribution in [3.8, 4) is 0 Å². The fourth-order valence-electron chi connectivity index (χ4n) is 1.03. The van der Waals surface area contributed by atoms with E-state index in [1.54, 1.807) is 18.6 Å². The topological polar surface area (TPSA) is 41.6 Å². The van der Waals surface area contributed by atoms with E-state index in [4.69, 9.17) is 11.6 Å². The average Bonchev–Trinajstić information content (AvgIpc) is 2.50. The summed E-state index contributed by atoms with van der Waals surface area (Å²) in [6.45, 7) is 0. The molecule has 0 aliphatic heterocycles. The maximum absolute atomic E-state index is 5.68. The van der Waals surface area contributed by atoms with Crippen LogP contribution in [0.5, 0.6) is 0 Å². The maximum atomic E-state index is 5.68. The van der Waals surface area contributed by atoms with Gasteiger partial charge in [-0.05, 0) is 5.56 Å². The largest absolute Gasteiger partial charge is 0.276 e. The Bertz CT molecular complexity index is 368. The molecule has 3 nitrogen and oxygen atoms in total. The van der Waals surface area contributed by atoms with E-state index in [-0.39, 0.29) is 0 Å². The summed E-state index contributed by atoms with van der Waals surface area (Å²) in [6.07, 6.45) is 5.25. The van der Waals surface area contributed by atoms with Crippen molar-refractivity contribution in [3.63, 3.8) is 0 Å². The summed E-state index contributed by atoms with van der Waals surface area (Å²) in [5.41, 5.74) is 1.95. The SMILES string of the molecule is ClCc1cncc2[nH]ncc12. The van der Waals surface area contributed by atoms with Gasteiger partial charge in [0.15, 0.2) is 0 Å². The van der Waals surface area contributed by atoms with Gasteiger partial charge in [-0.15, -0.1) is 11.6 Å². The number of alkyl halides is 1.